The molecule has 0 aliphatic heterocycles. The summed E-state index contributed by atoms with van der Waals surface area (Å²) in [6, 6.07) is 8.33. The van der Waals surface area contributed by atoms with Gasteiger partial charge in [0.15, 0.2) is 0 Å². The molecule has 1 fully saturated rings. The Bertz CT molecular complexity index is 408. The fourth-order valence-electron chi connectivity index (χ4n) is 2.18. The molecule has 0 unspecified atom stereocenters. The molecule has 1 aromatic rings. The quantitative estimate of drug-likeness (QED) is 0.823. The molecule has 0 aromatic heterocycles. The van der Waals surface area contributed by atoms with Gasteiger partial charge in [0.1, 0.15) is 0 Å². The van der Waals surface area contributed by atoms with Crippen molar-refractivity contribution < 1.29 is 14.6 Å². The average Bonchev–Trinajstić information content (AvgIpc) is 3.10. The van der Waals surface area contributed by atoms with Gasteiger partial charge in [-0.1, -0.05) is 24.3 Å². The molecule has 0 atom stereocenters. The van der Waals surface area contributed by atoms with Crippen LogP contribution in [0.15, 0.2) is 24.3 Å². The molecule has 1 aliphatic carbocycles. The summed E-state index contributed by atoms with van der Waals surface area (Å²) in [6.07, 6.45) is 3.92. The van der Waals surface area contributed by atoms with Gasteiger partial charge in [-0.05, 0) is 36.8 Å². The standard InChI is InChI=1S/C14H18O3/c1-17-14(8-9-14)12-6-2-4-11(10-12)5-3-7-13(15)16/h2,4,6,10H,3,5,7-9H2,1H3,(H,15,16). The summed E-state index contributed by atoms with van der Waals surface area (Å²) in [5.41, 5.74) is 2.38. The fraction of sp³-hybridized carbons (Fsp3) is 0.500. The van der Waals surface area contributed by atoms with Gasteiger partial charge in [-0.15, -0.1) is 0 Å². The van der Waals surface area contributed by atoms with Crippen molar-refractivity contribution in [2.75, 3.05) is 7.11 Å². The highest BCUT2D eigenvalue weighted by molar-refractivity contribution is 5.66. The summed E-state index contributed by atoms with van der Waals surface area (Å²) in [5.74, 6) is -0.725. The van der Waals surface area contributed by atoms with Gasteiger partial charge in [0, 0.05) is 13.5 Å². The lowest BCUT2D eigenvalue weighted by molar-refractivity contribution is -0.137. The SMILES string of the molecule is COC1(c2cccc(CCCC(=O)O)c2)CC1. The molecule has 1 aliphatic rings. The number of benzene rings is 1. The first kappa shape index (κ1) is 12.1. The molecule has 1 saturated carbocycles. The summed E-state index contributed by atoms with van der Waals surface area (Å²) in [6.45, 7) is 0. The topological polar surface area (TPSA) is 46.5 Å². The van der Waals surface area contributed by atoms with Crippen LogP contribution in [0.4, 0.5) is 0 Å². The Kier molecular flexibility index (Phi) is 3.48. The molecule has 1 N–H and O–H groups in total. The second-order valence-electron chi connectivity index (χ2n) is 4.65. The minimum Gasteiger partial charge on any atom is -0.481 e. The number of hydrogen-bond acceptors (Lipinski definition) is 2. The minimum absolute atomic E-state index is 0.0528. The van der Waals surface area contributed by atoms with Crippen LogP contribution in [0.1, 0.15) is 36.8 Å². The highest BCUT2D eigenvalue weighted by Gasteiger charge is 2.44. The Balaban J connectivity index is 1.99. The molecule has 0 heterocycles. The van der Waals surface area contributed by atoms with Crippen molar-refractivity contribution in [3.8, 4) is 0 Å². The lowest BCUT2D eigenvalue weighted by Gasteiger charge is -2.14. The zero-order valence-electron chi connectivity index (χ0n) is 10.1. The summed E-state index contributed by atoms with van der Waals surface area (Å²) < 4.78 is 5.54. The fourth-order valence-corrected chi connectivity index (χ4v) is 2.18. The maximum Gasteiger partial charge on any atom is 0.303 e. The molecule has 0 bridgehead atoms. The number of ether oxygens (including phenoxy) is 1. The van der Waals surface area contributed by atoms with Crippen LogP contribution in [0.25, 0.3) is 0 Å². The molecular formula is C14H18O3. The van der Waals surface area contributed by atoms with Crippen molar-refractivity contribution in [1.29, 1.82) is 0 Å². The zero-order valence-corrected chi connectivity index (χ0v) is 10.1. The number of carbonyl (C=O) groups is 1. The Labute approximate surface area is 101 Å². The number of rotatable bonds is 6. The van der Waals surface area contributed by atoms with Crippen LogP contribution in [0, 0.1) is 0 Å². The summed E-state index contributed by atoms with van der Waals surface area (Å²) in [4.78, 5) is 10.5. The monoisotopic (exact) mass is 234 g/mol. The van der Waals surface area contributed by atoms with E-state index in [1.165, 1.54) is 11.1 Å². The van der Waals surface area contributed by atoms with Crippen molar-refractivity contribution in [1.82, 2.24) is 0 Å². The van der Waals surface area contributed by atoms with Gasteiger partial charge in [-0.2, -0.15) is 0 Å². The third kappa shape index (κ3) is 2.86. The molecular weight excluding hydrogens is 216 g/mol. The van der Waals surface area contributed by atoms with Crippen LogP contribution in [-0.4, -0.2) is 18.2 Å². The van der Waals surface area contributed by atoms with Gasteiger partial charge in [-0.25, -0.2) is 0 Å². The van der Waals surface area contributed by atoms with E-state index in [4.69, 9.17) is 9.84 Å². The molecule has 17 heavy (non-hydrogen) atoms. The van der Waals surface area contributed by atoms with Gasteiger partial charge in [0.2, 0.25) is 0 Å². The Hall–Kier alpha value is -1.35. The van der Waals surface area contributed by atoms with Gasteiger partial charge in [-0.3, -0.25) is 4.79 Å². The largest absolute Gasteiger partial charge is 0.481 e. The number of aliphatic carboxylic acids is 1. The number of carboxylic acids is 1. The molecule has 1 aromatic carbocycles. The third-order valence-corrected chi connectivity index (χ3v) is 3.40. The summed E-state index contributed by atoms with van der Waals surface area (Å²) in [7, 11) is 1.75. The highest BCUT2D eigenvalue weighted by atomic mass is 16.5. The molecule has 0 spiro atoms. The summed E-state index contributed by atoms with van der Waals surface area (Å²) in [5, 5.41) is 8.60. The molecule has 2 rings (SSSR count). The van der Waals surface area contributed by atoms with Crippen LogP contribution in [0.3, 0.4) is 0 Å². The first-order valence-corrected chi connectivity index (χ1v) is 6.03. The molecule has 92 valence electrons. The van der Waals surface area contributed by atoms with Crippen molar-refractivity contribution in [2.45, 2.75) is 37.7 Å². The zero-order chi connectivity index (χ0) is 12.3. The normalized spacial score (nSPS) is 16.8. The minimum atomic E-state index is -0.725. The smallest absolute Gasteiger partial charge is 0.303 e. The Morgan fingerprint density at radius 3 is 2.82 bits per heavy atom. The second-order valence-corrected chi connectivity index (χ2v) is 4.65. The van der Waals surface area contributed by atoms with Crippen LogP contribution >= 0.6 is 0 Å². The molecule has 0 saturated heterocycles. The lowest BCUT2D eigenvalue weighted by atomic mass is 10.0. The van der Waals surface area contributed by atoms with Crippen LogP contribution in [0.5, 0.6) is 0 Å². The van der Waals surface area contributed by atoms with E-state index in [0.717, 1.165) is 19.3 Å². The number of carboxylic acid groups (broad SMARTS) is 1. The molecule has 0 amide bonds. The van der Waals surface area contributed by atoms with E-state index in [9.17, 15) is 4.79 Å². The first-order valence-electron chi connectivity index (χ1n) is 6.03. The van der Waals surface area contributed by atoms with Crippen LogP contribution < -0.4 is 0 Å². The van der Waals surface area contributed by atoms with E-state index < -0.39 is 5.97 Å². The molecule has 0 radical (unpaired) electrons. The van der Waals surface area contributed by atoms with Gasteiger partial charge in [0.25, 0.3) is 0 Å². The van der Waals surface area contributed by atoms with E-state index in [0.29, 0.717) is 6.42 Å². The predicted octanol–water partition coefficient (Wildman–Crippen LogP) is 2.73. The highest BCUT2D eigenvalue weighted by Crippen LogP contribution is 2.48. The van der Waals surface area contributed by atoms with Crippen molar-refractivity contribution in [2.24, 2.45) is 0 Å². The van der Waals surface area contributed by atoms with Gasteiger partial charge in [0.05, 0.1) is 5.60 Å². The first-order chi connectivity index (χ1) is 8.16. The second kappa shape index (κ2) is 4.88. The van der Waals surface area contributed by atoms with E-state index in [2.05, 4.69) is 18.2 Å². The van der Waals surface area contributed by atoms with E-state index in [-0.39, 0.29) is 12.0 Å². The maximum absolute atomic E-state index is 10.5. The lowest BCUT2D eigenvalue weighted by Crippen LogP contribution is -2.09. The Morgan fingerprint density at radius 1 is 1.47 bits per heavy atom. The van der Waals surface area contributed by atoms with Crippen molar-refractivity contribution in [3.05, 3.63) is 35.4 Å². The van der Waals surface area contributed by atoms with Gasteiger partial charge >= 0.3 is 5.97 Å². The van der Waals surface area contributed by atoms with Crippen LogP contribution in [0.2, 0.25) is 0 Å². The predicted molar refractivity (Wildman–Crippen MR) is 64.9 cm³/mol. The van der Waals surface area contributed by atoms with Gasteiger partial charge < -0.3 is 9.84 Å². The van der Waals surface area contributed by atoms with E-state index in [1.54, 1.807) is 7.11 Å². The number of hydrogen-bond donors (Lipinski definition) is 1. The number of aryl methyl sites for hydroxylation is 1. The van der Waals surface area contributed by atoms with E-state index in [1.807, 2.05) is 6.07 Å². The third-order valence-electron chi connectivity index (χ3n) is 3.40. The maximum atomic E-state index is 10.5. The molecule has 3 heteroatoms. The number of methoxy groups -OCH3 is 1. The van der Waals surface area contributed by atoms with Crippen molar-refractivity contribution in [3.63, 3.8) is 0 Å². The Morgan fingerprint density at radius 2 is 2.24 bits per heavy atom. The average molecular weight is 234 g/mol. The summed E-state index contributed by atoms with van der Waals surface area (Å²) >= 11 is 0. The van der Waals surface area contributed by atoms with E-state index >= 15 is 0 Å². The molecule has 3 nitrogen and oxygen atoms in total. The van der Waals surface area contributed by atoms with Crippen LogP contribution in [-0.2, 0) is 21.6 Å². The van der Waals surface area contributed by atoms with Crippen molar-refractivity contribution >= 4 is 5.97 Å².